The fourth-order valence-electron chi connectivity index (χ4n) is 4.31. The highest BCUT2D eigenvalue weighted by Crippen LogP contribution is 2.52. The number of phenolic OH excluding ortho intramolecular Hbond substituents is 1. The largest absolute Gasteiger partial charge is 0.524 e. The van der Waals surface area contributed by atoms with E-state index in [4.69, 9.17) is 9.05 Å². The van der Waals surface area contributed by atoms with Crippen molar-refractivity contribution in [3.8, 4) is 17.2 Å². The van der Waals surface area contributed by atoms with E-state index in [1.165, 1.54) is 40.3 Å². The number of carbonyl (C=O) groups excluding carboxylic acids is 1. The van der Waals surface area contributed by atoms with Gasteiger partial charge in [-0.3, -0.25) is 24.4 Å². The highest BCUT2D eigenvalue weighted by molar-refractivity contribution is 7.47. The molecule has 16 nitrogen and oxygen atoms in total. The van der Waals surface area contributed by atoms with E-state index in [2.05, 4.69) is 38.2 Å². The quantitative estimate of drug-likeness (QED) is 0.0602. The molecule has 1 aliphatic heterocycles. The van der Waals surface area contributed by atoms with Gasteiger partial charge >= 0.3 is 15.6 Å². The van der Waals surface area contributed by atoms with Crippen LogP contribution in [0.1, 0.15) is 63.7 Å². The number of allylic oxidation sites excluding steroid dienone is 5. The summed E-state index contributed by atoms with van der Waals surface area (Å²) >= 11 is 0. The summed E-state index contributed by atoms with van der Waals surface area (Å²) in [6.45, 7) is 8.14. The van der Waals surface area contributed by atoms with E-state index in [9.17, 15) is 38.6 Å². The Morgan fingerprint density at radius 1 is 0.804 bits per heavy atom. The number of fused-ring (bicyclic) bond motifs is 2. The van der Waals surface area contributed by atoms with E-state index in [0.29, 0.717) is 0 Å². The van der Waals surface area contributed by atoms with Gasteiger partial charge in [-0.15, -0.1) is 0 Å². The third-order valence-electron chi connectivity index (χ3n) is 6.29. The van der Waals surface area contributed by atoms with Crippen LogP contribution in [0.3, 0.4) is 0 Å². The zero-order valence-electron chi connectivity index (χ0n) is 26.6. The van der Waals surface area contributed by atoms with Crippen LogP contribution >= 0.6 is 15.6 Å². The number of phenols is 1. The predicted molar refractivity (Wildman–Crippen MR) is 180 cm³/mol. The van der Waals surface area contributed by atoms with Gasteiger partial charge in [-0.05, 0) is 65.5 Å². The number of nitrogens with one attached hydrogen (secondary N) is 1. The molecule has 0 fully saturated rings. The maximum absolute atomic E-state index is 13.8. The molecule has 1 heterocycles. The number of phosphoric acid groups is 2. The number of rotatable bonds is 12. The van der Waals surface area contributed by atoms with Crippen LogP contribution in [0.5, 0.6) is 17.2 Å². The zero-order valence-corrected chi connectivity index (χ0v) is 28.4. The van der Waals surface area contributed by atoms with Gasteiger partial charge in [-0.25, -0.2) is 9.13 Å². The van der Waals surface area contributed by atoms with Gasteiger partial charge in [-0.1, -0.05) is 41.0 Å². The molecule has 0 bridgehead atoms. The lowest BCUT2D eigenvalue weighted by atomic mass is 10.1. The molecule has 260 valence electrons. The van der Waals surface area contributed by atoms with Crippen molar-refractivity contribution in [1.29, 1.82) is 0 Å². The smallest absolute Gasteiger partial charge is 0.508 e. The van der Waals surface area contributed by atoms with Crippen molar-refractivity contribution >= 4 is 38.6 Å². The number of para-hydroxylation sites is 1. The first-order chi connectivity index (χ1) is 19.5. The Morgan fingerprint density at radius 3 is 1.91 bits per heavy atom. The van der Waals surface area contributed by atoms with Crippen molar-refractivity contribution < 1.29 is 47.7 Å². The lowest BCUT2D eigenvalue weighted by Gasteiger charge is -2.23. The van der Waals surface area contributed by atoms with E-state index in [1.807, 2.05) is 13.0 Å². The number of hydrogen-bond donors (Lipinski definition) is 10. The highest BCUT2D eigenvalue weighted by Gasteiger charge is 2.33. The third-order valence-corrected chi connectivity index (χ3v) is 7.16. The Hall–Kier alpha value is -3.53. The molecule has 0 aliphatic carbocycles. The number of anilines is 3. The first-order valence-electron chi connectivity index (χ1n) is 13.1. The van der Waals surface area contributed by atoms with Crippen LogP contribution in [0, 0.1) is 0 Å². The number of phosphoric ester groups is 2. The predicted octanol–water partition coefficient (Wildman–Crippen LogP) is 7.11. The van der Waals surface area contributed by atoms with Crippen molar-refractivity contribution in [3.63, 3.8) is 0 Å². The standard InChI is InChI=1S/C28H36N2O10P2.4H3N/c1-18(2)8-5-9-19(3)10-6-11-20(4)14-15-30-23-16-21(31)17-25(40-42(36,37)38)27(23)29-26-22(28(30)32)12-7-13-24(26)39-41(33,34)35;;;;/h7-8,10,12-14,16-17,29,31H,5-6,9,11,15H2,1-4H3,(H2,33,34,35)(H2,36,37,38);4*1H3. The average molecular weight is 691 g/mol. The molecule has 18 heteroatoms. The Morgan fingerprint density at radius 2 is 1.35 bits per heavy atom. The van der Waals surface area contributed by atoms with Crippen molar-refractivity contribution in [1.82, 2.24) is 24.6 Å². The molecule has 0 spiro atoms. The Bertz CT molecular complexity index is 1530. The number of carbonyl (C=O) groups is 1. The Labute approximate surface area is 269 Å². The van der Waals surface area contributed by atoms with E-state index in [0.717, 1.165) is 37.3 Å². The van der Waals surface area contributed by atoms with E-state index >= 15 is 0 Å². The minimum Gasteiger partial charge on any atom is -0.508 e. The summed E-state index contributed by atoms with van der Waals surface area (Å²) in [6, 6.07) is 6.15. The molecule has 0 saturated carbocycles. The second-order valence-corrected chi connectivity index (χ2v) is 12.5. The first-order valence-corrected chi connectivity index (χ1v) is 16.1. The summed E-state index contributed by atoms with van der Waals surface area (Å²) in [6.07, 6.45) is 9.65. The molecule has 2 aromatic rings. The molecule has 0 radical (unpaired) electrons. The molecule has 0 aromatic heterocycles. The van der Waals surface area contributed by atoms with Crippen molar-refractivity contribution in [2.75, 3.05) is 16.8 Å². The van der Waals surface area contributed by atoms with Gasteiger partial charge in [0.25, 0.3) is 5.91 Å². The summed E-state index contributed by atoms with van der Waals surface area (Å²) in [5.41, 5.74) is 3.21. The van der Waals surface area contributed by atoms with Gasteiger partial charge in [0, 0.05) is 18.7 Å². The van der Waals surface area contributed by atoms with Crippen LogP contribution < -0.4 is 43.9 Å². The summed E-state index contributed by atoms with van der Waals surface area (Å²) in [4.78, 5) is 52.8. The van der Waals surface area contributed by atoms with Crippen LogP contribution in [0.15, 0.2) is 65.3 Å². The maximum atomic E-state index is 13.8. The molecule has 18 N–H and O–H groups in total. The van der Waals surface area contributed by atoms with Crippen LogP contribution in [0.4, 0.5) is 17.1 Å². The second kappa shape index (κ2) is 18.6. The zero-order chi connectivity index (χ0) is 31.2. The van der Waals surface area contributed by atoms with Crippen molar-refractivity contribution in [2.24, 2.45) is 0 Å². The molecule has 0 unspecified atom stereocenters. The normalized spacial score (nSPS) is 12.8. The van der Waals surface area contributed by atoms with E-state index in [1.54, 1.807) is 0 Å². The van der Waals surface area contributed by atoms with Crippen LogP contribution in [0.2, 0.25) is 0 Å². The minimum absolute atomic E-state index is 0. The summed E-state index contributed by atoms with van der Waals surface area (Å²) < 4.78 is 32.9. The lowest BCUT2D eigenvalue weighted by Crippen LogP contribution is -2.30. The number of amides is 1. The molecule has 46 heavy (non-hydrogen) atoms. The molecule has 2 aromatic carbocycles. The van der Waals surface area contributed by atoms with Gasteiger partial charge in [0.05, 0.1) is 16.9 Å². The van der Waals surface area contributed by atoms with Crippen LogP contribution in [0.25, 0.3) is 0 Å². The van der Waals surface area contributed by atoms with Gasteiger partial charge in [0.2, 0.25) is 0 Å². The average Bonchev–Trinajstić information content (AvgIpc) is 2.95. The molecular formula is C28H48N6O10P2. The van der Waals surface area contributed by atoms with Crippen molar-refractivity contribution in [3.05, 3.63) is 70.8 Å². The van der Waals surface area contributed by atoms with Gasteiger partial charge < -0.3 is 49.0 Å². The molecule has 0 saturated heterocycles. The fourth-order valence-corrected chi connectivity index (χ4v) is 5.12. The Kier molecular flexibility index (Phi) is 18.0. The first kappa shape index (κ1) is 44.6. The highest BCUT2D eigenvalue weighted by atomic mass is 31.2. The number of benzene rings is 2. The number of aromatic hydroxyl groups is 1. The summed E-state index contributed by atoms with van der Waals surface area (Å²) in [5, 5.41) is 13.2. The van der Waals surface area contributed by atoms with Gasteiger partial charge in [-0.2, -0.15) is 0 Å². The topological polar surface area (TPSA) is 326 Å². The summed E-state index contributed by atoms with van der Waals surface area (Å²) in [5.74, 6) is -1.94. The van der Waals surface area contributed by atoms with Crippen LogP contribution in [-0.2, 0) is 9.13 Å². The fraction of sp³-hybridized carbons (Fsp3) is 0.321. The number of hydrogen-bond acceptors (Lipinski definition) is 11. The maximum Gasteiger partial charge on any atom is 0.524 e. The lowest BCUT2D eigenvalue weighted by molar-refractivity contribution is 0.0990. The molecule has 3 rings (SSSR count). The molecule has 1 aliphatic rings. The molecule has 1 amide bonds. The SMILES string of the molecule is CC(C)=CCCC(C)=CCCC(C)=CCN1C(=O)c2cccc(OP(=O)(O)O)c2Nc2c(OP(=O)(O)O)cc(O)cc21.N.N.N.N. The monoisotopic (exact) mass is 690 g/mol. The molecular weight excluding hydrogens is 642 g/mol. The van der Waals surface area contributed by atoms with Crippen LogP contribution in [-0.4, -0.2) is 37.1 Å². The Balaban J connectivity index is 0. The third kappa shape index (κ3) is 13.1. The van der Waals surface area contributed by atoms with Gasteiger partial charge in [0.1, 0.15) is 11.4 Å². The summed E-state index contributed by atoms with van der Waals surface area (Å²) in [7, 11) is -10.2. The van der Waals surface area contributed by atoms with Crippen molar-refractivity contribution in [2.45, 2.75) is 53.4 Å². The second-order valence-electron chi connectivity index (χ2n) is 10.2. The minimum atomic E-state index is -5.13. The molecule has 0 atom stereocenters. The van der Waals surface area contributed by atoms with E-state index in [-0.39, 0.29) is 59.5 Å². The number of nitrogens with zero attached hydrogens (tertiary/aromatic N) is 1. The van der Waals surface area contributed by atoms with Gasteiger partial charge in [0.15, 0.2) is 11.5 Å². The van der Waals surface area contributed by atoms with E-state index < -0.39 is 33.1 Å².